The number of anilines is 3. The Hall–Kier alpha value is -7.96. The van der Waals surface area contributed by atoms with Gasteiger partial charge in [-0.3, -0.25) is 0 Å². The van der Waals surface area contributed by atoms with Gasteiger partial charge in [-0.25, -0.2) is 0 Å². The molecule has 10 aromatic carbocycles. The van der Waals surface area contributed by atoms with Gasteiger partial charge in [0.15, 0.2) is 0 Å². The minimum absolute atomic E-state index is 0.898. The summed E-state index contributed by atoms with van der Waals surface area (Å²) in [6.45, 7) is 0. The molecule has 0 saturated carbocycles. The number of benzene rings is 10. The molecule has 14 rings (SSSR count). The zero-order chi connectivity index (χ0) is 42.6. The Kier molecular flexibility index (Phi) is 8.02. The van der Waals surface area contributed by atoms with Crippen molar-refractivity contribution in [2.24, 2.45) is 0 Å². The molecule has 0 atom stereocenters. The fraction of sp³-hybridized carbons (Fsp3) is 0. The predicted octanol–water partition coefficient (Wildman–Crippen LogP) is 18.2. The summed E-state index contributed by atoms with van der Waals surface area (Å²) in [6, 6.07) is 79.8. The van der Waals surface area contributed by atoms with Crippen LogP contribution in [0, 0.1) is 0 Å². The number of aromatic nitrogens is 1. The maximum Gasteiger partial charge on any atom is 0.143 e. The van der Waals surface area contributed by atoms with Gasteiger partial charge in [-0.05, 0) is 83.9 Å². The first-order valence-electron chi connectivity index (χ1n) is 22.0. The Bertz CT molecular complexity index is 4170. The fourth-order valence-electron chi connectivity index (χ4n) is 10.3. The molecule has 0 bridgehead atoms. The lowest BCUT2D eigenvalue weighted by molar-refractivity contribution is 0.670. The lowest BCUT2D eigenvalue weighted by atomic mass is 9.99. The van der Waals surface area contributed by atoms with E-state index < -0.39 is 0 Å². The quantitative estimate of drug-likeness (QED) is 0.166. The normalized spacial score (nSPS) is 12.0. The first-order valence-corrected chi connectivity index (χ1v) is 23.6. The van der Waals surface area contributed by atoms with Gasteiger partial charge in [0, 0.05) is 85.4 Å². The van der Waals surface area contributed by atoms with Crippen LogP contribution in [-0.2, 0) is 0 Å². The van der Waals surface area contributed by atoms with Crippen molar-refractivity contribution in [2.45, 2.75) is 0 Å². The van der Waals surface area contributed by atoms with E-state index in [-0.39, 0.29) is 0 Å². The Morgan fingerprint density at radius 3 is 1.74 bits per heavy atom. The highest BCUT2D eigenvalue weighted by Gasteiger charge is 2.23. The molecule has 14 aromatic rings. The number of hydrogen-bond acceptors (Lipinski definition) is 4. The fourth-order valence-corrected chi connectivity index (χ4v) is 12.7. The van der Waals surface area contributed by atoms with E-state index in [9.17, 15) is 0 Å². The molecule has 0 aliphatic heterocycles. The minimum Gasteiger partial charge on any atom is -0.455 e. The molecule has 4 aromatic heterocycles. The van der Waals surface area contributed by atoms with Crippen molar-refractivity contribution < 1.29 is 4.42 Å². The van der Waals surface area contributed by atoms with E-state index in [1.165, 1.54) is 73.3 Å². The van der Waals surface area contributed by atoms with Gasteiger partial charge in [-0.1, -0.05) is 146 Å². The topological polar surface area (TPSA) is 21.3 Å². The number of thiophene rings is 2. The molecule has 0 saturated heterocycles. The largest absolute Gasteiger partial charge is 0.455 e. The zero-order valence-corrected chi connectivity index (χ0v) is 36.5. The monoisotopic (exact) mass is 864 g/mol. The second kappa shape index (κ2) is 14.3. The Balaban J connectivity index is 1.04. The van der Waals surface area contributed by atoms with Crippen LogP contribution in [0.4, 0.5) is 17.1 Å². The summed E-state index contributed by atoms with van der Waals surface area (Å²) in [4.78, 5) is 2.49. The van der Waals surface area contributed by atoms with E-state index in [4.69, 9.17) is 4.42 Å². The maximum absolute atomic E-state index is 6.62. The highest BCUT2D eigenvalue weighted by molar-refractivity contribution is 7.26. The number of rotatable bonds is 6. The van der Waals surface area contributed by atoms with Crippen LogP contribution in [-0.4, -0.2) is 4.57 Å². The summed E-state index contributed by atoms with van der Waals surface area (Å²) in [7, 11) is 0. The third-order valence-corrected chi connectivity index (χ3v) is 15.6. The molecule has 0 aliphatic carbocycles. The molecule has 0 amide bonds. The maximum atomic E-state index is 6.62. The number of furan rings is 1. The summed E-state index contributed by atoms with van der Waals surface area (Å²) >= 11 is 3.74. The second-order valence-electron chi connectivity index (χ2n) is 16.8. The summed E-state index contributed by atoms with van der Waals surface area (Å²) < 4.78 is 14.1. The van der Waals surface area contributed by atoms with E-state index in [0.29, 0.717) is 0 Å². The number of fused-ring (bicyclic) bond motifs is 12. The van der Waals surface area contributed by atoms with Gasteiger partial charge in [-0.15, -0.1) is 22.7 Å². The molecule has 0 aliphatic rings. The van der Waals surface area contributed by atoms with E-state index in [1.807, 2.05) is 28.7 Å². The smallest absolute Gasteiger partial charge is 0.143 e. The molecule has 5 heteroatoms. The van der Waals surface area contributed by atoms with Crippen LogP contribution in [0.15, 0.2) is 223 Å². The molecule has 0 unspecified atom stereocenters. The van der Waals surface area contributed by atoms with E-state index in [1.54, 1.807) is 0 Å². The predicted molar refractivity (Wildman–Crippen MR) is 279 cm³/mol. The minimum atomic E-state index is 0.898. The molecule has 4 heterocycles. The molecule has 65 heavy (non-hydrogen) atoms. The van der Waals surface area contributed by atoms with Crippen molar-refractivity contribution >= 4 is 124 Å². The van der Waals surface area contributed by atoms with Gasteiger partial charge in [0.2, 0.25) is 0 Å². The third-order valence-electron chi connectivity index (χ3n) is 13.2. The molecule has 3 nitrogen and oxygen atoms in total. The second-order valence-corrected chi connectivity index (χ2v) is 18.9. The van der Waals surface area contributed by atoms with Gasteiger partial charge >= 0.3 is 0 Å². The van der Waals surface area contributed by atoms with Crippen LogP contribution in [0.25, 0.3) is 112 Å². The van der Waals surface area contributed by atoms with Crippen molar-refractivity contribution in [1.82, 2.24) is 4.57 Å². The molecule has 0 N–H and O–H groups in total. The molecular formula is C60H36N2OS2. The van der Waals surface area contributed by atoms with E-state index in [2.05, 4.69) is 222 Å². The first kappa shape index (κ1) is 36.5. The van der Waals surface area contributed by atoms with Crippen molar-refractivity contribution in [1.29, 1.82) is 0 Å². The first-order chi connectivity index (χ1) is 32.2. The average molecular weight is 865 g/mol. The standard InChI is InChI=1S/C60H36N2OS2/c1-6-27-52-43(19-1)44-20-2-7-28-53(44)62(52)40-18-12-16-38(34-40)50-35-41(36-51-47-23-5-10-32-57(47)64-59(50)51)61(54-29-14-26-49-46-22-4-9-31-56(46)65-60(49)54)39-17-11-15-37(33-39)42-24-13-25-48-45-21-3-8-30-55(45)63-58(42)48/h1-36H. The summed E-state index contributed by atoms with van der Waals surface area (Å²) in [5.74, 6) is 0. The zero-order valence-electron chi connectivity index (χ0n) is 34.9. The Morgan fingerprint density at radius 2 is 0.954 bits per heavy atom. The molecule has 304 valence electrons. The third kappa shape index (κ3) is 5.59. The van der Waals surface area contributed by atoms with Crippen LogP contribution in [0.2, 0.25) is 0 Å². The highest BCUT2D eigenvalue weighted by atomic mass is 32.1. The van der Waals surface area contributed by atoms with Gasteiger partial charge in [0.05, 0.1) is 21.4 Å². The lowest BCUT2D eigenvalue weighted by Gasteiger charge is -2.27. The van der Waals surface area contributed by atoms with Crippen molar-refractivity contribution in [2.75, 3.05) is 4.90 Å². The molecule has 0 radical (unpaired) electrons. The van der Waals surface area contributed by atoms with Crippen LogP contribution in [0.5, 0.6) is 0 Å². The Labute approximate surface area is 381 Å². The Morgan fingerprint density at radius 1 is 0.369 bits per heavy atom. The van der Waals surface area contributed by atoms with Gasteiger partial charge in [0.1, 0.15) is 11.2 Å². The number of hydrogen-bond donors (Lipinski definition) is 0. The van der Waals surface area contributed by atoms with Crippen LogP contribution in [0.3, 0.4) is 0 Å². The number of nitrogens with zero attached hydrogens (tertiary/aromatic N) is 2. The summed E-state index contributed by atoms with van der Waals surface area (Å²) in [5.41, 5.74) is 13.2. The van der Waals surface area contributed by atoms with Crippen LogP contribution >= 0.6 is 22.7 Å². The van der Waals surface area contributed by atoms with Crippen LogP contribution < -0.4 is 4.90 Å². The van der Waals surface area contributed by atoms with Gasteiger partial charge in [-0.2, -0.15) is 0 Å². The molecule has 0 spiro atoms. The van der Waals surface area contributed by atoms with Gasteiger partial charge < -0.3 is 13.9 Å². The van der Waals surface area contributed by atoms with Crippen LogP contribution in [0.1, 0.15) is 0 Å². The van der Waals surface area contributed by atoms with E-state index in [0.717, 1.165) is 55.8 Å². The lowest BCUT2D eigenvalue weighted by Crippen LogP contribution is -2.10. The summed E-state index contributed by atoms with van der Waals surface area (Å²) in [6.07, 6.45) is 0. The van der Waals surface area contributed by atoms with Crippen molar-refractivity contribution in [3.63, 3.8) is 0 Å². The van der Waals surface area contributed by atoms with Crippen molar-refractivity contribution in [3.05, 3.63) is 218 Å². The molecular weight excluding hydrogens is 829 g/mol. The summed E-state index contributed by atoms with van der Waals surface area (Å²) in [5, 5.41) is 9.82. The van der Waals surface area contributed by atoms with Gasteiger partial charge in [0.25, 0.3) is 0 Å². The molecule has 0 fully saturated rings. The highest BCUT2D eigenvalue weighted by Crippen LogP contribution is 2.50. The van der Waals surface area contributed by atoms with E-state index >= 15 is 0 Å². The number of para-hydroxylation sites is 4. The van der Waals surface area contributed by atoms with Crippen molar-refractivity contribution in [3.8, 4) is 27.9 Å². The SMILES string of the molecule is c1cc(-c2cccc3c2oc2ccccc23)cc(N(c2cc(-c3cccc(-n4c5ccccc5c5ccccc54)c3)c3sc4ccccc4c3c2)c2cccc3c2sc2ccccc23)c1. The average Bonchev–Trinajstić information content (AvgIpc) is 4.13.